The summed E-state index contributed by atoms with van der Waals surface area (Å²) in [7, 11) is 0. The maximum Gasteiger partial charge on any atom is 0.137 e. The van der Waals surface area contributed by atoms with E-state index in [0.717, 1.165) is 30.5 Å². The maximum absolute atomic E-state index is 4.69. The zero-order valence-corrected chi connectivity index (χ0v) is 13.3. The average molecular weight is 280 g/mol. The van der Waals surface area contributed by atoms with Gasteiger partial charge in [-0.1, -0.05) is 6.92 Å². The Labute approximate surface area is 120 Å². The Morgan fingerprint density at radius 3 is 2.74 bits per heavy atom. The summed E-state index contributed by atoms with van der Waals surface area (Å²) in [6, 6.07) is 0.515. The Morgan fingerprint density at radius 2 is 2.05 bits per heavy atom. The number of rotatable bonds is 3. The van der Waals surface area contributed by atoms with Crippen molar-refractivity contribution in [1.82, 2.24) is 9.97 Å². The second-order valence-corrected chi connectivity index (χ2v) is 6.59. The summed E-state index contributed by atoms with van der Waals surface area (Å²) in [4.78, 5) is 11.6. The maximum atomic E-state index is 4.69. The van der Waals surface area contributed by atoms with E-state index < -0.39 is 0 Å². The summed E-state index contributed by atoms with van der Waals surface area (Å²) in [5.41, 5.74) is 1.17. The number of hydrogen-bond donors (Lipinski definition) is 1. The van der Waals surface area contributed by atoms with Crippen molar-refractivity contribution in [2.24, 2.45) is 0 Å². The summed E-state index contributed by atoms with van der Waals surface area (Å²) in [5.74, 6) is 4.09. The second-order valence-electron chi connectivity index (χ2n) is 5.11. The Bertz CT molecular complexity index is 449. The summed E-state index contributed by atoms with van der Waals surface area (Å²) in [6.07, 6.45) is 0. The number of anilines is 2. The van der Waals surface area contributed by atoms with Gasteiger partial charge in [-0.25, -0.2) is 9.97 Å². The Balaban J connectivity index is 2.38. The number of thioether (sulfide) groups is 1. The highest BCUT2D eigenvalue weighted by Gasteiger charge is 2.28. The topological polar surface area (TPSA) is 41.1 Å². The van der Waals surface area contributed by atoms with Crippen molar-refractivity contribution in [1.29, 1.82) is 0 Å². The molecule has 2 rings (SSSR count). The number of aromatic nitrogens is 2. The van der Waals surface area contributed by atoms with E-state index in [2.05, 4.69) is 47.9 Å². The third kappa shape index (κ3) is 2.96. The molecule has 2 atom stereocenters. The van der Waals surface area contributed by atoms with E-state index in [-0.39, 0.29) is 0 Å². The van der Waals surface area contributed by atoms with E-state index in [0.29, 0.717) is 11.3 Å². The largest absolute Gasteiger partial charge is 0.370 e. The Hall–Kier alpha value is -0.970. The molecule has 0 spiro atoms. The van der Waals surface area contributed by atoms with Crippen LogP contribution in [0.15, 0.2) is 0 Å². The molecule has 1 aromatic rings. The van der Waals surface area contributed by atoms with Gasteiger partial charge in [0.15, 0.2) is 0 Å². The van der Waals surface area contributed by atoms with Gasteiger partial charge in [0.2, 0.25) is 0 Å². The fourth-order valence-corrected chi connectivity index (χ4v) is 3.56. The van der Waals surface area contributed by atoms with Crippen molar-refractivity contribution in [2.45, 2.75) is 45.9 Å². The standard InChI is InChI=1S/C14H24N4S/c1-6-15-13-9(2)14(17-12(5)16-13)18-7-8-19-11(4)10(18)3/h10-11H,6-8H2,1-5H3,(H,15,16,17). The van der Waals surface area contributed by atoms with Crippen molar-refractivity contribution in [3.05, 3.63) is 11.4 Å². The van der Waals surface area contributed by atoms with Crippen molar-refractivity contribution in [3.63, 3.8) is 0 Å². The molecule has 19 heavy (non-hydrogen) atoms. The molecule has 2 unspecified atom stereocenters. The van der Waals surface area contributed by atoms with Crippen molar-refractivity contribution in [3.8, 4) is 0 Å². The van der Waals surface area contributed by atoms with Gasteiger partial charge in [-0.3, -0.25) is 0 Å². The van der Waals surface area contributed by atoms with Crippen LogP contribution in [0.2, 0.25) is 0 Å². The lowest BCUT2D eigenvalue weighted by Gasteiger charge is -2.39. The van der Waals surface area contributed by atoms with E-state index in [1.54, 1.807) is 0 Å². The molecule has 1 N–H and O–H groups in total. The summed E-state index contributed by atoms with van der Waals surface area (Å²) in [5, 5.41) is 3.98. The quantitative estimate of drug-likeness (QED) is 0.922. The number of nitrogens with one attached hydrogen (secondary N) is 1. The van der Waals surface area contributed by atoms with Gasteiger partial charge in [-0.2, -0.15) is 11.8 Å². The van der Waals surface area contributed by atoms with Crippen molar-refractivity contribution in [2.75, 3.05) is 29.1 Å². The van der Waals surface area contributed by atoms with Crippen LogP contribution >= 0.6 is 11.8 Å². The van der Waals surface area contributed by atoms with E-state index in [1.165, 1.54) is 11.3 Å². The van der Waals surface area contributed by atoms with Crippen LogP contribution in [0.3, 0.4) is 0 Å². The van der Waals surface area contributed by atoms with Gasteiger partial charge in [0.1, 0.15) is 17.5 Å². The molecule has 2 heterocycles. The van der Waals surface area contributed by atoms with E-state index >= 15 is 0 Å². The molecular formula is C14H24N4S. The monoisotopic (exact) mass is 280 g/mol. The highest BCUT2D eigenvalue weighted by molar-refractivity contribution is 8.00. The van der Waals surface area contributed by atoms with Crippen LogP contribution in [-0.2, 0) is 0 Å². The molecular weight excluding hydrogens is 256 g/mol. The van der Waals surface area contributed by atoms with Crippen LogP contribution < -0.4 is 10.2 Å². The third-order valence-corrected chi connectivity index (χ3v) is 5.07. The molecule has 0 aliphatic carbocycles. The number of hydrogen-bond acceptors (Lipinski definition) is 5. The predicted octanol–water partition coefficient (Wildman–Crippen LogP) is 2.86. The molecule has 0 radical (unpaired) electrons. The zero-order chi connectivity index (χ0) is 14.0. The first-order chi connectivity index (χ1) is 9.04. The van der Waals surface area contributed by atoms with Gasteiger partial charge >= 0.3 is 0 Å². The van der Waals surface area contributed by atoms with Gasteiger partial charge in [-0.05, 0) is 27.7 Å². The van der Waals surface area contributed by atoms with Crippen molar-refractivity contribution < 1.29 is 0 Å². The smallest absolute Gasteiger partial charge is 0.137 e. The van der Waals surface area contributed by atoms with Crippen LogP contribution in [-0.4, -0.2) is 40.1 Å². The molecule has 1 saturated heterocycles. The van der Waals surface area contributed by atoms with E-state index in [1.807, 2.05) is 18.7 Å². The molecule has 1 aliphatic rings. The first-order valence-corrected chi connectivity index (χ1v) is 8.06. The van der Waals surface area contributed by atoms with Crippen molar-refractivity contribution >= 4 is 23.4 Å². The van der Waals surface area contributed by atoms with E-state index in [9.17, 15) is 0 Å². The van der Waals surface area contributed by atoms with Gasteiger partial charge in [0, 0.05) is 35.7 Å². The summed E-state index contributed by atoms with van der Waals surface area (Å²) < 4.78 is 0. The molecule has 0 bridgehead atoms. The minimum atomic E-state index is 0.515. The first kappa shape index (κ1) is 14.4. The number of nitrogens with zero attached hydrogens (tertiary/aromatic N) is 3. The fraction of sp³-hybridized carbons (Fsp3) is 0.714. The lowest BCUT2D eigenvalue weighted by molar-refractivity contribution is 0.617. The molecule has 1 aromatic heterocycles. The predicted molar refractivity (Wildman–Crippen MR) is 84.4 cm³/mol. The molecule has 5 heteroatoms. The minimum absolute atomic E-state index is 0.515. The van der Waals surface area contributed by atoms with Crippen LogP contribution in [0.5, 0.6) is 0 Å². The molecule has 0 saturated carbocycles. The average Bonchev–Trinajstić information content (AvgIpc) is 2.37. The molecule has 0 aromatic carbocycles. The normalized spacial score (nSPS) is 23.5. The lowest BCUT2D eigenvalue weighted by atomic mass is 10.1. The molecule has 106 valence electrons. The van der Waals surface area contributed by atoms with Gasteiger partial charge in [0.25, 0.3) is 0 Å². The zero-order valence-electron chi connectivity index (χ0n) is 12.5. The highest BCUT2D eigenvalue weighted by atomic mass is 32.2. The van der Waals surface area contributed by atoms with Crippen LogP contribution in [0.25, 0.3) is 0 Å². The number of aryl methyl sites for hydroxylation is 1. The SMILES string of the molecule is CCNc1nc(C)nc(N2CCSC(C)C2C)c1C. The summed E-state index contributed by atoms with van der Waals surface area (Å²) in [6.45, 7) is 12.7. The minimum Gasteiger partial charge on any atom is -0.370 e. The summed E-state index contributed by atoms with van der Waals surface area (Å²) >= 11 is 2.05. The first-order valence-electron chi connectivity index (χ1n) is 7.02. The van der Waals surface area contributed by atoms with E-state index in [4.69, 9.17) is 0 Å². The lowest BCUT2D eigenvalue weighted by Crippen LogP contribution is -2.45. The third-order valence-electron chi connectivity index (χ3n) is 3.73. The highest BCUT2D eigenvalue weighted by Crippen LogP contribution is 2.31. The van der Waals surface area contributed by atoms with Crippen LogP contribution in [0.4, 0.5) is 11.6 Å². The van der Waals surface area contributed by atoms with Crippen LogP contribution in [0.1, 0.15) is 32.2 Å². The fourth-order valence-electron chi connectivity index (χ4n) is 2.46. The van der Waals surface area contributed by atoms with Gasteiger partial charge in [0.05, 0.1) is 0 Å². The second kappa shape index (κ2) is 5.99. The Kier molecular flexibility index (Phi) is 4.55. The molecule has 4 nitrogen and oxygen atoms in total. The van der Waals surface area contributed by atoms with Gasteiger partial charge in [-0.15, -0.1) is 0 Å². The Morgan fingerprint density at radius 1 is 1.32 bits per heavy atom. The molecule has 1 aliphatic heterocycles. The molecule has 1 fully saturated rings. The van der Waals surface area contributed by atoms with Crippen LogP contribution in [0, 0.1) is 13.8 Å². The molecule has 0 amide bonds. The van der Waals surface area contributed by atoms with Gasteiger partial charge < -0.3 is 10.2 Å².